The van der Waals surface area contributed by atoms with E-state index in [0.29, 0.717) is 22.1 Å². The summed E-state index contributed by atoms with van der Waals surface area (Å²) in [4.78, 5) is 24.4. The zero-order chi connectivity index (χ0) is 20.1. The molecule has 0 saturated heterocycles. The number of carbonyl (C=O) groups is 2. The van der Waals surface area contributed by atoms with Crippen molar-refractivity contribution in [1.29, 1.82) is 0 Å². The van der Waals surface area contributed by atoms with Gasteiger partial charge in [0, 0.05) is 0 Å². The van der Waals surface area contributed by atoms with Crippen LogP contribution in [-0.4, -0.2) is 12.3 Å². The molecule has 0 radical (unpaired) electrons. The van der Waals surface area contributed by atoms with Crippen molar-refractivity contribution in [3.63, 3.8) is 0 Å². The van der Waals surface area contributed by atoms with Crippen molar-refractivity contribution in [3.05, 3.63) is 92.4 Å². The Labute approximate surface area is 176 Å². The fourth-order valence-corrected chi connectivity index (χ4v) is 3.62. The highest BCUT2D eigenvalue weighted by atomic mass is 79.9. The summed E-state index contributed by atoms with van der Waals surface area (Å²) in [5.41, 5.74) is 1.72. The summed E-state index contributed by atoms with van der Waals surface area (Å²) in [5.74, 6) is -0.00628. The smallest absolute Gasteiger partial charge is 0.347 e. The lowest BCUT2D eigenvalue weighted by atomic mass is 10.0. The van der Waals surface area contributed by atoms with Gasteiger partial charge in [0.05, 0.1) is 15.1 Å². The van der Waals surface area contributed by atoms with Gasteiger partial charge in [0.15, 0.2) is 6.29 Å². The van der Waals surface area contributed by atoms with Crippen molar-refractivity contribution in [2.24, 2.45) is 0 Å². The zero-order valence-electron chi connectivity index (χ0n) is 14.9. The Bertz CT molecular complexity index is 1000. The molecule has 3 aromatic rings. The summed E-state index contributed by atoms with van der Waals surface area (Å²) in [5, 5.41) is 0.175. The molecule has 4 nitrogen and oxygen atoms in total. The standard InChI is InChI=1S/C22H16BrClO4/c1-14-18(22(26)28-16-10-6-3-7-11-16)21(19(23)17(12-25)20(14)24)27-13-15-8-4-2-5-9-15/h2-12H,13H2,1H3. The maximum absolute atomic E-state index is 12.9. The quantitative estimate of drug-likeness (QED) is 0.257. The average Bonchev–Trinajstić information content (AvgIpc) is 2.71. The van der Waals surface area contributed by atoms with E-state index in [1.807, 2.05) is 36.4 Å². The van der Waals surface area contributed by atoms with Gasteiger partial charge in [-0.1, -0.05) is 60.1 Å². The molecule has 0 N–H and O–H groups in total. The molecule has 3 rings (SSSR count). The molecule has 0 spiro atoms. The van der Waals surface area contributed by atoms with Crippen LogP contribution in [0.4, 0.5) is 0 Å². The van der Waals surface area contributed by atoms with E-state index in [-0.39, 0.29) is 28.5 Å². The molecular formula is C22H16BrClO4. The second-order valence-electron chi connectivity index (χ2n) is 5.97. The number of ether oxygens (including phenoxy) is 2. The first kappa shape index (κ1) is 20.1. The summed E-state index contributed by atoms with van der Waals surface area (Å²) in [6, 6.07) is 18.2. The maximum Gasteiger partial charge on any atom is 0.347 e. The first-order chi connectivity index (χ1) is 13.5. The van der Waals surface area contributed by atoms with E-state index >= 15 is 0 Å². The summed E-state index contributed by atoms with van der Waals surface area (Å²) >= 11 is 9.67. The minimum Gasteiger partial charge on any atom is -0.487 e. The maximum atomic E-state index is 12.9. The molecule has 0 aromatic heterocycles. The van der Waals surface area contributed by atoms with Crippen LogP contribution in [0.1, 0.15) is 31.8 Å². The highest BCUT2D eigenvalue weighted by Crippen LogP contribution is 2.40. The van der Waals surface area contributed by atoms with Crippen molar-refractivity contribution in [1.82, 2.24) is 0 Å². The molecule has 0 aliphatic rings. The molecular weight excluding hydrogens is 444 g/mol. The molecule has 0 aliphatic heterocycles. The zero-order valence-corrected chi connectivity index (χ0v) is 17.3. The van der Waals surface area contributed by atoms with Crippen LogP contribution in [0.2, 0.25) is 5.02 Å². The van der Waals surface area contributed by atoms with Gasteiger partial charge in [0.25, 0.3) is 0 Å². The first-order valence-electron chi connectivity index (χ1n) is 8.43. The number of carbonyl (C=O) groups excluding carboxylic acids is 2. The normalized spacial score (nSPS) is 10.4. The van der Waals surface area contributed by atoms with Crippen LogP contribution < -0.4 is 9.47 Å². The molecule has 0 amide bonds. The van der Waals surface area contributed by atoms with E-state index in [0.717, 1.165) is 5.56 Å². The summed E-state index contributed by atoms with van der Waals surface area (Å²) < 4.78 is 11.7. The van der Waals surface area contributed by atoms with Gasteiger partial charge in [-0.2, -0.15) is 0 Å². The molecule has 0 unspecified atom stereocenters. The number of rotatable bonds is 6. The average molecular weight is 460 g/mol. The summed E-state index contributed by atoms with van der Waals surface area (Å²) in [6.07, 6.45) is 0.626. The highest BCUT2D eigenvalue weighted by molar-refractivity contribution is 9.10. The largest absolute Gasteiger partial charge is 0.487 e. The van der Waals surface area contributed by atoms with Gasteiger partial charge in [-0.3, -0.25) is 4.79 Å². The summed E-state index contributed by atoms with van der Waals surface area (Å²) in [6.45, 7) is 1.86. The van der Waals surface area contributed by atoms with Gasteiger partial charge in [0.2, 0.25) is 0 Å². The van der Waals surface area contributed by atoms with Gasteiger partial charge in [-0.25, -0.2) is 4.79 Å². The number of halogens is 2. The molecule has 0 aliphatic carbocycles. The Morgan fingerprint density at radius 2 is 1.68 bits per heavy atom. The van der Waals surface area contributed by atoms with Crippen LogP contribution in [0.15, 0.2) is 65.1 Å². The lowest BCUT2D eigenvalue weighted by molar-refractivity contribution is 0.0728. The summed E-state index contributed by atoms with van der Waals surface area (Å²) in [7, 11) is 0. The molecule has 0 bridgehead atoms. The lowest BCUT2D eigenvalue weighted by Gasteiger charge is -2.18. The van der Waals surface area contributed by atoms with Crippen molar-refractivity contribution in [2.45, 2.75) is 13.5 Å². The molecule has 0 fully saturated rings. The molecule has 6 heteroatoms. The third-order valence-corrected chi connectivity index (χ3v) is 5.38. The predicted molar refractivity (Wildman–Crippen MR) is 111 cm³/mol. The Balaban J connectivity index is 2.03. The topological polar surface area (TPSA) is 52.6 Å². The van der Waals surface area contributed by atoms with Crippen LogP contribution in [0.25, 0.3) is 0 Å². The van der Waals surface area contributed by atoms with Gasteiger partial charge < -0.3 is 9.47 Å². The second kappa shape index (κ2) is 9.04. The van der Waals surface area contributed by atoms with Crippen LogP contribution in [0.5, 0.6) is 11.5 Å². The number of aldehydes is 1. The monoisotopic (exact) mass is 458 g/mol. The van der Waals surface area contributed by atoms with E-state index in [1.165, 1.54) is 0 Å². The minimum atomic E-state index is -0.619. The van der Waals surface area contributed by atoms with E-state index in [2.05, 4.69) is 15.9 Å². The Morgan fingerprint density at radius 1 is 1.07 bits per heavy atom. The lowest BCUT2D eigenvalue weighted by Crippen LogP contribution is -2.14. The van der Waals surface area contributed by atoms with E-state index < -0.39 is 5.97 Å². The number of esters is 1. The highest BCUT2D eigenvalue weighted by Gasteiger charge is 2.26. The van der Waals surface area contributed by atoms with E-state index in [4.69, 9.17) is 21.1 Å². The van der Waals surface area contributed by atoms with E-state index in [1.54, 1.807) is 31.2 Å². The number of benzene rings is 3. The SMILES string of the molecule is Cc1c(Cl)c(C=O)c(Br)c(OCc2ccccc2)c1C(=O)Oc1ccccc1. The number of hydrogen-bond donors (Lipinski definition) is 0. The third-order valence-electron chi connectivity index (χ3n) is 4.11. The van der Waals surface area contributed by atoms with Crippen LogP contribution in [0, 0.1) is 6.92 Å². The molecule has 28 heavy (non-hydrogen) atoms. The molecule has 0 saturated carbocycles. The molecule has 3 aromatic carbocycles. The molecule has 0 atom stereocenters. The van der Waals surface area contributed by atoms with Crippen LogP contribution in [-0.2, 0) is 6.61 Å². The third kappa shape index (κ3) is 4.26. The van der Waals surface area contributed by atoms with Gasteiger partial charge in [-0.05, 0) is 46.1 Å². The predicted octanol–water partition coefficient (Wildman–Crippen LogP) is 6.02. The number of hydrogen-bond acceptors (Lipinski definition) is 4. The van der Waals surface area contributed by atoms with E-state index in [9.17, 15) is 9.59 Å². The Hall–Kier alpha value is -2.63. The van der Waals surface area contributed by atoms with Crippen molar-refractivity contribution in [3.8, 4) is 11.5 Å². The van der Waals surface area contributed by atoms with Crippen LogP contribution in [0.3, 0.4) is 0 Å². The van der Waals surface area contributed by atoms with Crippen molar-refractivity contribution >= 4 is 39.8 Å². The number of para-hydroxylation sites is 1. The second-order valence-corrected chi connectivity index (χ2v) is 7.14. The molecule has 142 valence electrons. The van der Waals surface area contributed by atoms with Crippen molar-refractivity contribution in [2.75, 3.05) is 0 Å². The van der Waals surface area contributed by atoms with Gasteiger partial charge in [-0.15, -0.1) is 0 Å². The van der Waals surface area contributed by atoms with Gasteiger partial charge in [0.1, 0.15) is 23.7 Å². The van der Waals surface area contributed by atoms with Crippen molar-refractivity contribution < 1.29 is 19.1 Å². The Kier molecular flexibility index (Phi) is 6.49. The Morgan fingerprint density at radius 3 is 2.29 bits per heavy atom. The fraction of sp³-hybridized carbons (Fsp3) is 0.0909. The first-order valence-corrected chi connectivity index (χ1v) is 9.60. The van der Waals surface area contributed by atoms with Gasteiger partial charge >= 0.3 is 5.97 Å². The van der Waals surface area contributed by atoms with Crippen LogP contribution >= 0.6 is 27.5 Å². The minimum absolute atomic E-state index is 0.169. The fourth-order valence-electron chi connectivity index (χ4n) is 2.67. The molecule has 0 heterocycles.